The largest absolute Gasteiger partial charge is 0.310 e. The Kier molecular flexibility index (Phi) is 8.11. The van der Waals surface area contributed by atoms with Crippen molar-refractivity contribution in [3.05, 3.63) is 265 Å². The van der Waals surface area contributed by atoms with Gasteiger partial charge in [-0.3, -0.25) is 0 Å². The van der Waals surface area contributed by atoms with Crippen molar-refractivity contribution in [2.45, 2.75) is 5.41 Å². The van der Waals surface area contributed by atoms with Gasteiger partial charge >= 0.3 is 0 Å². The van der Waals surface area contributed by atoms with Crippen LogP contribution in [0.1, 0.15) is 22.3 Å². The van der Waals surface area contributed by atoms with E-state index in [9.17, 15) is 0 Å². The third-order valence-electron chi connectivity index (χ3n) is 12.9. The van der Waals surface area contributed by atoms with Crippen LogP contribution in [0.4, 0.5) is 34.1 Å². The molecule has 0 bridgehead atoms. The van der Waals surface area contributed by atoms with Crippen molar-refractivity contribution in [2.75, 3.05) is 9.80 Å². The van der Waals surface area contributed by atoms with Crippen LogP contribution in [0, 0.1) is 0 Å². The molecule has 0 atom stereocenters. The number of hydrogen-bond donors (Lipinski definition) is 0. The number of para-hydroxylation sites is 4. The molecule has 286 valence electrons. The van der Waals surface area contributed by atoms with E-state index in [2.05, 4.69) is 252 Å². The van der Waals surface area contributed by atoms with Crippen LogP contribution in [-0.4, -0.2) is 0 Å². The normalized spacial score (nSPS) is 13.0. The Hall–Kier alpha value is -7.94. The number of fused-ring (bicyclic) bond motifs is 10. The molecule has 10 aromatic carbocycles. The molecule has 0 amide bonds. The van der Waals surface area contributed by atoms with Gasteiger partial charge in [-0.1, -0.05) is 188 Å². The van der Waals surface area contributed by atoms with Crippen LogP contribution in [0.5, 0.6) is 0 Å². The third kappa shape index (κ3) is 5.29. The maximum atomic E-state index is 2.44. The highest BCUT2D eigenvalue weighted by atomic mass is 15.2. The summed E-state index contributed by atoms with van der Waals surface area (Å²) in [5.41, 5.74) is 19.1. The quantitative estimate of drug-likeness (QED) is 0.166. The number of benzene rings is 10. The van der Waals surface area contributed by atoms with Gasteiger partial charge in [-0.05, 0) is 116 Å². The Balaban J connectivity index is 1.08. The number of nitrogens with zero attached hydrogens (tertiary/aromatic N) is 2. The van der Waals surface area contributed by atoms with Crippen LogP contribution < -0.4 is 9.80 Å². The molecule has 0 aromatic heterocycles. The Morgan fingerprint density at radius 3 is 1.52 bits per heavy atom. The first kappa shape index (κ1) is 35.0. The van der Waals surface area contributed by atoms with Crippen molar-refractivity contribution in [3.8, 4) is 33.4 Å². The van der Waals surface area contributed by atoms with Gasteiger partial charge in [0.05, 0.1) is 22.5 Å². The molecule has 0 radical (unpaired) electrons. The molecule has 12 rings (SSSR count). The van der Waals surface area contributed by atoms with Crippen molar-refractivity contribution in [1.29, 1.82) is 0 Å². The van der Waals surface area contributed by atoms with E-state index < -0.39 is 5.41 Å². The molecule has 0 N–H and O–H groups in total. The average Bonchev–Trinajstić information content (AvgIpc) is 3.64. The van der Waals surface area contributed by atoms with Gasteiger partial charge in [0.25, 0.3) is 0 Å². The summed E-state index contributed by atoms with van der Waals surface area (Å²) in [6.07, 6.45) is 0. The molecule has 61 heavy (non-hydrogen) atoms. The van der Waals surface area contributed by atoms with Crippen molar-refractivity contribution >= 4 is 44.9 Å². The zero-order valence-electron chi connectivity index (χ0n) is 33.5. The highest BCUT2D eigenvalue weighted by Crippen LogP contribution is 2.64. The van der Waals surface area contributed by atoms with E-state index in [4.69, 9.17) is 0 Å². The molecule has 0 saturated carbocycles. The van der Waals surface area contributed by atoms with Gasteiger partial charge in [0.1, 0.15) is 0 Å². The molecule has 0 saturated heterocycles. The van der Waals surface area contributed by atoms with Crippen LogP contribution in [0.25, 0.3) is 44.2 Å². The predicted molar refractivity (Wildman–Crippen MR) is 255 cm³/mol. The minimum atomic E-state index is -0.522. The zero-order valence-corrected chi connectivity index (χ0v) is 33.5. The summed E-state index contributed by atoms with van der Waals surface area (Å²) in [7, 11) is 0. The molecule has 1 spiro atoms. The zero-order chi connectivity index (χ0) is 40.3. The smallest absolute Gasteiger partial charge is 0.0754 e. The van der Waals surface area contributed by atoms with Crippen molar-refractivity contribution in [1.82, 2.24) is 0 Å². The first-order chi connectivity index (χ1) is 30.3. The van der Waals surface area contributed by atoms with Crippen LogP contribution >= 0.6 is 0 Å². The van der Waals surface area contributed by atoms with Crippen molar-refractivity contribution in [3.63, 3.8) is 0 Å². The Labute approximate surface area is 356 Å². The van der Waals surface area contributed by atoms with Crippen LogP contribution in [0.2, 0.25) is 0 Å². The summed E-state index contributed by atoms with van der Waals surface area (Å²) in [5.74, 6) is 0. The third-order valence-corrected chi connectivity index (χ3v) is 12.9. The molecule has 1 aliphatic carbocycles. The van der Waals surface area contributed by atoms with Crippen molar-refractivity contribution in [2.24, 2.45) is 0 Å². The molecule has 10 aromatic rings. The predicted octanol–water partition coefficient (Wildman–Crippen LogP) is 15.8. The molecular formula is C59H40N2. The fourth-order valence-corrected chi connectivity index (χ4v) is 10.4. The standard InChI is InChI=1S/C59H40N2/c1-4-19-41(20-5-1)42-35-37-45(38-36-42)60(43-21-6-2-7-22-43)55-40-39-47(46-25-10-11-26-48(46)55)49-28-18-32-54-58(49)50-27-12-13-29-51(50)59(54)52-30-14-16-33-56(52)61(44-23-8-3-9-24-44)57-34-17-15-31-53(57)59/h1-40H. The molecule has 1 heterocycles. The summed E-state index contributed by atoms with van der Waals surface area (Å²) in [6, 6.07) is 88.9. The van der Waals surface area contributed by atoms with Gasteiger partial charge in [-0.15, -0.1) is 0 Å². The second-order valence-corrected chi connectivity index (χ2v) is 16.0. The Morgan fingerprint density at radius 1 is 0.311 bits per heavy atom. The molecule has 1 aliphatic heterocycles. The van der Waals surface area contributed by atoms with Crippen LogP contribution in [-0.2, 0) is 5.41 Å². The van der Waals surface area contributed by atoms with Gasteiger partial charge in [0, 0.05) is 22.4 Å². The highest BCUT2D eigenvalue weighted by molar-refractivity contribution is 6.10. The highest BCUT2D eigenvalue weighted by Gasteiger charge is 2.52. The lowest BCUT2D eigenvalue weighted by Crippen LogP contribution is -2.36. The molecule has 0 unspecified atom stereocenters. The first-order valence-corrected chi connectivity index (χ1v) is 21.1. The number of hydrogen-bond acceptors (Lipinski definition) is 2. The number of rotatable bonds is 6. The molecule has 0 fully saturated rings. The van der Waals surface area contributed by atoms with E-state index in [-0.39, 0.29) is 0 Å². The monoisotopic (exact) mass is 776 g/mol. The molecule has 2 nitrogen and oxygen atoms in total. The van der Waals surface area contributed by atoms with E-state index in [0.29, 0.717) is 0 Å². The van der Waals surface area contributed by atoms with E-state index in [0.717, 1.165) is 22.7 Å². The van der Waals surface area contributed by atoms with Crippen molar-refractivity contribution < 1.29 is 0 Å². The summed E-state index contributed by atoms with van der Waals surface area (Å²) >= 11 is 0. The minimum Gasteiger partial charge on any atom is -0.310 e. The van der Waals surface area contributed by atoms with E-state index in [1.807, 2.05) is 0 Å². The van der Waals surface area contributed by atoms with E-state index in [1.165, 1.54) is 77.8 Å². The summed E-state index contributed by atoms with van der Waals surface area (Å²) in [6.45, 7) is 0. The maximum Gasteiger partial charge on any atom is 0.0754 e. The van der Waals surface area contributed by atoms with Gasteiger partial charge in [0.15, 0.2) is 0 Å². The lowest BCUT2D eigenvalue weighted by Gasteiger charge is -2.45. The lowest BCUT2D eigenvalue weighted by molar-refractivity contribution is 0.753. The second kappa shape index (κ2) is 14.1. The molecule has 2 aliphatic rings. The van der Waals surface area contributed by atoms with Gasteiger partial charge in [-0.2, -0.15) is 0 Å². The Morgan fingerprint density at radius 2 is 0.820 bits per heavy atom. The van der Waals surface area contributed by atoms with Gasteiger partial charge in [0.2, 0.25) is 0 Å². The topological polar surface area (TPSA) is 6.48 Å². The van der Waals surface area contributed by atoms with Crippen LogP contribution in [0.3, 0.4) is 0 Å². The van der Waals surface area contributed by atoms with Gasteiger partial charge in [-0.25, -0.2) is 0 Å². The molecular weight excluding hydrogens is 737 g/mol. The average molecular weight is 777 g/mol. The first-order valence-electron chi connectivity index (χ1n) is 21.1. The fraction of sp³-hybridized carbons (Fsp3) is 0.0169. The van der Waals surface area contributed by atoms with Crippen LogP contribution in [0.15, 0.2) is 243 Å². The molecule has 2 heteroatoms. The van der Waals surface area contributed by atoms with E-state index in [1.54, 1.807) is 0 Å². The summed E-state index contributed by atoms with van der Waals surface area (Å²) < 4.78 is 0. The van der Waals surface area contributed by atoms with E-state index >= 15 is 0 Å². The maximum absolute atomic E-state index is 2.44. The number of anilines is 6. The summed E-state index contributed by atoms with van der Waals surface area (Å²) in [4.78, 5) is 4.84. The lowest BCUT2D eigenvalue weighted by atomic mass is 9.64. The summed E-state index contributed by atoms with van der Waals surface area (Å²) in [5, 5.41) is 2.41. The van der Waals surface area contributed by atoms with Gasteiger partial charge < -0.3 is 9.80 Å². The fourth-order valence-electron chi connectivity index (χ4n) is 10.4. The minimum absolute atomic E-state index is 0.522. The Bertz CT molecular complexity index is 3200. The SMILES string of the molecule is c1ccc(-c2ccc(N(c3ccccc3)c3ccc(-c4cccc5c4-c4ccccc4C54c5ccccc5N(c5ccccc5)c5ccccc54)c4ccccc34)cc2)cc1. The second-order valence-electron chi connectivity index (χ2n) is 16.0.